The summed E-state index contributed by atoms with van der Waals surface area (Å²) in [6.07, 6.45) is 6.15. The number of fused-ring (bicyclic) bond motifs is 1. The maximum Gasteiger partial charge on any atom is 0.237 e. The van der Waals surface area contributed by atoms with Crippen LogP contribution in [0.1, 0.15) is 30.5 Å². The van der Waals surface area contributed by atoms with Gasteiger partial charge >= 0.3 is 0 Å². The van der Waals surface area contributed by atoms with Crippen LogP contribution in [0.25, 0.3) is 27.9 Å². The second kappa shape index (κ2) is 10.2. The van der Waals surface area contributed by atoms with Gasteiger partial charge in [-0.15, -0.1) is 0 Å². The molecule has 0 aliphatic carbocycles. The van der Waals surface area contributed by atoms with Crippen LogP contribution >= 0.6 is 0 Å². The molecule has 1 atom stereocenters. The molecule has 42 heavy (non-hydrogen) atoms. The molecule has 4 aromatic rings. The third-order valence-electron chi connectivity index (χ3n) is 8.94. The number of amides is 2. The lowest BCUT2D eigenvalue weighted by atomic mass is 9.85. The van der Waals surface area contributed by atoms with Crippen molar-refractivity contribution in [2.75, 3.05) is 44.2 Å². The van der Waals surface area contributed by atoms with Crippen molar-refractivity contribution < 1.29 is 9.59 Å². The summed E-state index contributed by atoms with van der Waals surface area (Å²) in [5.74, 6) is 0.920. The first-order valence-electron chi connectivity index (χ1n) is 14.3. The number of likely N-dealkylation sites (tertiary alicyclic amines) is 1. The van der Waals surface area contributed by atoms with Gasteiger partial charge in [-0.1, -0.05) is 30.3 Å². The third kappa shape index (κ3) is 4.54. The lowest BCUT2D eigenvalue weighted by Crippen LogP contribution is -2.43. The summed E-state index contributed by atoms with van der Waals surface area (Å²) in [5, 5.41) is 21.3. The molecule has 5 heterocycles. The minimum atomic E-state index is -0.463. The SMILES string of the molecule is Cn1cnc(-c2ccc(C3=CCN(C(=O)CN4CCC5(CCN(c6ccc7[nH]nc(C#N)c7c6)C5=O)C4)CC3)cc2)n1. The number of hydrogen-bond donors (Lipinski definition) is 1. The van der Waals surface area contributed by atoms with Crippen LogP contribution < -0.4 is 4.90 Å². The van der Waals surface area contributed by atoms with Crippen LogP contribution in [0.2, 0.25) is 0 Å². The van der Waals surface area contributed by atoms with Crippen molar-refractivity contribution in [1.82, 2.24) is 34.8 Å². The zero-order valence-corrected chi connectivity index (χ0v) is 23.5. The van der Waals surface area contributed by atoms with Gasteiger partial charge in [0, 0.05) is 49.9 Å². The molecule has 0 radical (unpaired) electrons. The Bertz CT molecular complexity index is 1760. The summed E-state index contributed by atoms with van der Waals surface area (Å²) in [6.45, 7) is 3.56. The predicted octanol–water partition coefficient (Wildman–Crippen LogP) is 2.97. The molecule has 2 fully saturated rings. The van der Waals surface area contributed by atoms with E-state index in [0.717, 1.165) is 53.5 Å². The van der Waals surface area contributed by atoms with Crippen LogP contribution in [0.5, 0.6) is 0 Å². The molecule has 11 heteroatoms. The van der Waals surface area contributed by atoms with Gasteiger partial charge in [0.15, 0.2) is 11.5 Å². The van der Waals surface area contributed by atoms with E-state index in [9.17, 15) is 14.9 Å². The van der Waals surface area contributed by atoms with Crippen LogP contribution in [0, 0.1) is 16.7 Å². The number of H-pyrrole nitrogens is 1. The van der Waals surface area contributed by atoms with Crippen molar-refractivity contribution in [3.05, 3.63) is 66.1 Å². The van der Waals surface area contributed by atoms with Gasteiger partial charge in [0.25, 0.3) is 0 Å². The van der Waals surface area contributed by atoms with Crippen molar-refractivity contribution in [3.63, 3.8) is 0 Å². The Morgan fingerprint density at radius 3 is 2.64 bits per heavy atom. The number of aryl methyl sites for hydroxylation is 1. The average molecular weight is 562 g/mol. The molecule has 212 valence electrons. The minimum absolute atomic E-state index is 0.106. The molecule has 2 aromatic heterocycles. The second-order valence-corrected chi connectivity index (χ2v) is 11.5. The van der Waals surface area contributed by atoms with Gasteiger partial charge in [-0.25, -0.2) is 4.98 Å². The molecule has 0 bridgehead atoms. The summed E-state index contributed by atoms with van der Waals surface area (Å²) < 4.78 is 1.69. The maximum absolute atomic E-state index is 13.7. The smallest absolute Gasteiger partial charge is 0.237 e. The summed E-state index contributed by atoms with van der Waals surface area (Å²) >= 11 is 0. The minimum Gasteiger partial charge on any atom is -0.338 e. The molecular weight excluding hydrogens is 530 g/mol. The first-order valence-corrected chi connectivity index (χ1v) is 14.3. The van der Waals surface area contributed by atoms with E-state index in [-0.39, 0.29) is 11.8 Å². The Hall–Kier alpha value is -4.82. The highest BCUT2D eigenvalue weighted by Crippen LogP contribution is 2.42. The van der Waals surface area contributed by atoms with E-state index in [1.165, 1.54) is 5.57 Å². The van der Waals surface area contributed by atoms with Crippen molar-refractivity contribution in [2.45, 2.75) is 19.3 Å². The largest absolute Gasteiger partial charge is 0.338 e. The molecular formula is C31H31N9O2. The molecule has 1 unspecified atom stereocenters. The second-order valence-electron chi connectivity index (χ2n) is 11.5. The fourth-order valence-electron chi connectivity index (χ4n) is 6.55. The Kier molecular flexibility index (Phi) is 6.35. The van der Waals surface area contributed by atoms with Crippen LogP contribution in [0.15, 0.2) is 54.9 Å². The number of carbonyl (C=O) groups excluding carboxylic acids is 2. The fraction of sp³-hybridized carbons (Fsp3) is 0.355. The first kappa shape index (κ1) is 26.1. The van der Waals surface area contributed by atoms with E-state index in [1.54, 1.807) is 11.0 Å². The summed E-state index contributed by atoms with van der Waals surface area (Å²) in [4.78, 5) is 37.1. The molecule has 2 amide bonds. The number of nitrogens with zero attached hydrogens (tertiary/aromatic N) is 8. The van der Waals surface area contributed by atoms with Crippen LogP contribution in [0.4, 0.5) is 5.69 Å². The topological polar surface area (TPSA) is 127 Å². The number of aromatic amines is 1. The van der Waals surface area contributed by atoms with E-state index in [4.69, 9.17) is 0 Å². The molecule has 1 spiro atoms. The van der Waals surface area contributed by atoms with Crippen molar-refractivity contribution in [1.29, 1.82) is 5.26 Å². The van der Waals surface area contributed by atoms with Crippen LogP contribution in [-0.4, -0.2) is 85.8 Å². The number of benzene rings is 2. The van der Waals surface area contributed by atoms with Gasteiger partial charge in [-0.3, -0.25) is 24.3 Å². The van der Waals surface area contributed by atoms with Gasteiger partial charge < -0.3 is 9.80 Å². The number of aromatic nitrogens is 5. The van der Waals surface area contributed by atoms with Crippen molar-refractivity contribution in [3.8, 4) is 17.5 Å². The zero-order valence-electron chi connectivity index (χ0n) is 23.5. The van der Waals surface area contributed by atoms with E-state index in [0.29, 0.717) is 44.2 Å². The maximum atomic E-state index is 13.7. The van der Waals surface area contributed by atoms with Gasteiger partial charge in [0.05, 0.1) is 17.5 Å². The lowest BCUT2D eigenvalue weighted by molar-refractivity contribution is -0.132. The molecule has 2 saturated heterocycles. The van der Waals surface area contributed by atoms with E-state index < -0.39 is 5.41 Å². The Labute approximate surface area is 243 Å². The monoisotopic (exact) mass is 561 g/mol. The number of hydrogen-bond acceptors (Lipinski definition) is 7. The number of nitrogens with one attached hydrogen (secondary N) is 1. The standard InChI is InChI=1S/C31H31N9O2/c1-37-20-33-29(36-37)23-4-2-21(3-5-23)22-8-12-39(13-9-22)28(41)18-38-14-10-31(19-38)11-15-40(30(31)42)24-6-7-26-25(16-24)27(17-32)35-34-26/h2-8,16,20H,9-15,18-19H2,1H3,(H,34,35). The lowest BCUT2D eigenvalue weighted by Gasteiger charge is -2.29. The highest BCUT2D eigenvalue weighted by molar-refractivity contribution is 6.02. The van der Waals surface area contributed by atoms with Gasteiger partial charge in [-0.05, 0) is 55.1 Å². The Morgan fingerprint density at radius 1 is 1.10 bits per heavy atom. The number of rotatable bonds is 5. The quantitative estimate of drug-likeness (QED) is 0.397. The van der Waals surface area contributed by atoms with Crippen LogP contribution in [0.3, 0.4) is 0 Å². The highest BCUT2D eigenvalue weighted by Gasteiger charge is 2.51. The van der Waals surface area contributed by atoms with E-state index in [2.05, 4.69) is 49.5 Å². The third-order valence-corrected chi connectivity index (χ3v) is 8.94. The molecule has 1 N–H and O–H groups in total. The molecule has 3 aliphatic heterocycles. The predicted molar refractivity (Wildman–Crippen MR) is 157 cm³/mol. The van der Waals surface area contributed by atoms with Crippen molar-refractivity contribution >= 4 is 34.0 Å². The number of carbonyl (C=O) groups is 2. The molecule has 11 nitrogen and oxygen atoms in total. The molecule has 7 rings (SSSR count). The molecule has 3 aliphatic rings. The van der Waals surface area contributed by atoms with Gasteiger partial charge in [-0.2, -0.15) is 15.5 Å². The zero-order chi connectivity index (χ0) is 28.8. The van der Waals surface area contributed by atoms with E-state index in [1.807, 2.05) is 47.2 Å². The van der Waals surface area contributed by atoms with Crippen molar-refractivity contribution in [2.24, 2.45) is 12.5 Å². The average Bonchev–Trinajstić information content (AvgIpc) is 3.81. The first-order chi connectivity index (χ1) is 20.4. The molecule has 2 aromatic carbocycles. The number of nitriles is 1. The van der Waals surface area contributed by atoms with Gasteiger partial charge in [0.1, 0.15) is 12.4 Å². The summed E-state index contributed by atoms with van der Waals surface area (Å²) in [5.41, 5.74) is 4.81. The van der Waals surface area contributed by atoms with E-state index >= 15 is 0 Å². The Balaban J connectivity index is 0.958. The normalized spacial score (nSPS) is 21.0. The van der Waals surface area contributed by atoms with Gasteiger partial charge in [0.2, 0.25) is 11.8 Å². The fourth-order valence-corrected chi connectivity index (χ4v) is 6.55. The summed E-state index contributed by atoms with van der Waals surface area (Å²) in [7, 11) is 1.85. The summed E-state index contributed by atoms with van der Waals surface area (Å²) in [6, 6.07) is 16.0. The highest BCUT2D eigenvalue weighted by atomic mass is 16.2. The van der Waals surface area contributed by atoms with Crippen LogP contribution in [-0.2, 0) is 16.6 Å². The molecule has 0 saturated carbocycles. The Morgan fingerprint density at radius 2 is 1.90 bits per heavy atom. The number of anilines is 1.